The van der Waals surface area contributed by atoms with Gasteiger partial charge in [-0.05, 0) is 13.8 Å². The van der Waals surface area contributed by atoms with Gasteiger partial charge in [0.2, 0.25) is 5.13 Å². The van der Waals surface area contributed by atoms with E-state index in [2.05, 4.69) is 9.36 Å². The van der Waals surface area contributed by atoms with Crippen LogP contribution >= 0.6 is 11.5 Å². The van der Waals surface area contributed by atoms with E-state index in [0.29, 0.717) is 5.13 Å². The van der Waals surface area contributed by atoms with Crippen LogP contribution in [0, 0.1) is 0 Å². The third-order valence-electron chi connectivity index (χ3n) is 2.73. The minimum atomic E-state index is -0.991. The predicted molar refractivity (Wildman–Crippen MR) is 68.7 cm³/mol. The first-order valence-corrected chi connectivity index (χ1v) is 6.15. The van der Waals surface area contributed by atoms with E-state index in [1.807, 2.05) is 20.8 Å². The van der Waals surface area contributed by atoms with Crippen molar-refractivity contribution >= 4 is 22.6 Å². The third kappa shape index (κ3) is 2.74. The summed E-state index contributed by atoms with van der Waals surface area (Å²) in [6.07, 6.45) is 0. The van der Waals surface area contributed by atoms with Crippen LogP contribution in [0.2, 0.25) is 0 Å². The van der Waals surface area contributed by atoms with Gasteiger partial charge in [-0.25, -0.2) is 9.78 Å². The van der Waals surface area contributed by atoms with E-state index in [0.717, 1.165) is 5.82 Å². The lowest BCUT2D eigenvalue weighted by Crippen LogP contribution is -2.48. The van der Waals surface area contributed by atoms with Crippen LogP contribution in [0.4, 0.5) is 5.13 Å². The van der Waals surface area contributed by atoms with E-state index >= 15 is 0 Å². The van der Waals surface area contributed by atoms with E-state index in [-0.39, 0.29) is 5.41 Å². The fraction of sp³-hybridized carbons (Fsp3) is 0.727. The molecule has 0 atom stereocenters. The lowest BCUT2D eigenvalue weighted by molar-refractivity contribution is -0.142. The molecule has 0 aliphatic carbocycles. The maximum absolute atomic E-state index is 11.2. The van der Waals surface area contributed by atoms with Gasteiger partial charge in [-0.3, -0.25) is 0 Å². The summed E-state index contributed by atoms with van der Waals surface area (Å²) >= 11 is 1.23. The lowest BCUT2D eigenvalue weighted by atomic mass is 9.96. The van der Waals surface area contributed by atoms with Gasteiger partial charge in [-0.15, -0.1) is 0 Å². The molecule has 0 saturated carbocycles. The molecule has 0 fully saturated rings. The average Bonchev–Trinajstić information content (AvgIpc) is 2.63. The molecular weight excluding hydrogens is 238 g/mol. The first-order chi connectivity index (χ1) is 7.56. The van der Waals surface area contributed by atoms with Gasteiger partial charge in [0, 0.05) is 24.0 Å². The topological polar surface area (TPSA) is 66.3 Å². The van der Waals surface area contributed by atoms with Gasteiger partial charge in [-0.2, -0.15) is 4.37 Å². The second kappa shape index (κ2) is 4.25. The fourth-order valence-electron chi connectivity index (χ4n) is 1.04. The summed E-state index contributed by atoms with van der Waals surface area (Å²) in [5.74, 6) is -0.141. The molecule has 0 aliphatic rings. The second-order valence-corrected chi connectivity index (χ2v) is 6.30. The summed E-state index contributed by atoms with van der Waals surface area (Å²) in [6, 6.07) is 0. The van der Waals surface area contributed by atoms with Crippen LogP contribution in [0.5, 0.6) is 0 Å². The first-order valence-electron chi connectivity index (χ1n) is 5.38. The van der Waals surface area contributed by atoms with Gasteiger partial charge < -0.3 is 10.0 Å². The summed E-state index contributed by atoms with van der Waals surface area (Å²) in [7, 11) is 1.72. The summed E-state index contributed by atoms with van der Waals surface area (Å²) in [5, 5.41) is 9.78. The number of nitrogens with zero attached hydrogens (tertiary/aromatic N) is 3. The largest absolute Gasteiger partial charge is 0.480 e. The summed E-state index contributed by atoms with van der Waals surface area (Å²) < 4.78 is 4.28. The number of carboxylic acids is 1. The summed E-state index contributed by atoms with van der Waals surface area (Å²) in [6.45, 7) is 9.38. The number of hydrogen-bond acceptors (Lipinski definition) is 5. The molecule has 0 unspecified atom stereocenters. The lowest BCUT2D eigenvalue weighted by Gasteiger charge is -2.30. The Kier molecular flexibility index (Phi) is 3.47. The van der Waals surface area contributed by atoms with Gasteiger partial charge in [0.05, 0.1) is 0 Å². The highest BCUT2D eigenvalue weighted by molar-refractivity contribution is 7.09. The normalized spacial score (nSPS) is 12.6. The molecule has 1 rings (SSSR count). The minimum absolute atomic E-state index is 0.122. The van der Waals surface area contributed by atoms with Crippen molar-refractivity contribution in [2.45, 2.75) is 45.6 Å². The van der Waals surface area contributed by atoms with E-state index in [9.17, 15) is 4.79 Å². The fourth-order valence-corrected chi connectivity index (χ4v) is 2.00. The van der Waals surface area contributed by atoms with Gasteiger partial charge in [0.15, 0.2) is 0 Å². The van der Waals surface area contributed by atoms with Crippen molar-refractivity contribution in [3.63, 3.8) is 0 Å². The molecule has 17 heavy (non-hydrogen) atoms. The predicted octanol–water partition coefficient (Wildman–Crippen LogP) is 2.13. The number of carbonyl (C=O) groups is 1. The van der Waals surface area contributed by atoms with Crippen molar-refractivity contribution in [3.8, 4) is 0 Å². The van der Waals surface area contributed by atoms with E-state index in [4.69, 9.17) is 5.11 Å². The van der Waals surface area contributed by atoms with Crippen LogP contribution < -0.4 is 4.90 Å². The Hall–Kier alpha value is -1.17. The van der Waals surface area contributed by atoms with Crippen molar-refractivity contribution in [2.75, 3.05) is 11.9 Å². The van der Waals surface area contributed by atoms with Gasteiger partial charge in [0.25, 0.3) is 0 Å². The third-order valence-corrected chi connectivity index (χ3v) is 3.53. The molecule has 0 amide bonds. The van der Waals surface area contributed by atoms with Crippen LogP contribution in [0.25, 0.3) is 0 Å². The molecule has 0 aliphatic heterocycles. The highest BCUT2D eigenvalue weighted by Crippen LogP contribution is 2.28. The van der Waals surface area contributed by atoms with E-state index < -0.39 is 11.5 Å². The first kappa shape index (κ1) is 13.9. The molecule has 0 bridgehead atoms. The quantitative estimate of drug-likeness (QED) is 0.898. The SMILES string of the molecule is CN(c1nc(C(C)(C)C)ns1)C(C)(C)C(=O)O. The van der Waals surface area contributed by atoms with Crippen molar-refractivity contribution in [1.29, 1.82) is 0 Å². The number of anilines is 1. The van der Waals surface area contributed by atoms with Crippen LogP contribution in [-0.4, -0.2) is 33.0 Å². The van der Waals surface area contributed by atoms with E-state index in [1.165, 1.54) is 11.5 Å². The molecule has 0 radical (unpaired) electrons. The van der Waals surface area contributed by atoms with Crippen molar-refractivity contribution < 1.29 is 9.90 Å². The second-order valence-electron chi connectivity index (χ2n) is 5.57. The average molecular weight is 257 g/mol. The molecule has 96 valence electrons. The Labute approximate surface area is 106 Å². The maximum atomic E-state index is 11.2. The van der Waals surface area contributed by atoms with Crippen LogP contribution in [0.1, 0.15) is 40.4 Å². The molecule has 0 saturated heterocycles. The highest BCUT2D eigenvalue weighted by Gasteiger charge is 2.34. The molecule has 1 heterocycles. The zero-order valence-corrected chi connectivity index (χ0v) is 11.9. The monoisotopic (exact) mass is 257 g/mol. The Morgan fingerprint density at radius 3 is 2.18 bits per heavy atom. The molecule has 0 spiro atoms. The summed E-state index contributed by atoms with van der Waals surface area (Å²) in [5.41, 5.74) is -1.11. The number of rotatable bonds is 3. The molecule has 0 aromatic carbocycles. The molecule has 5 nitrogen and oxygen atoms in total. The Bertz CT molecular complexity index is 421. The van der Waals surface area contributed by atoms with Gasteiger partial charge in [0.1, 0.15) is 11.4 Å². The maximum Gasteiger partial charge on any atom is 0.329 e. The molecule has 1 aromatic heterocycles. The summed E-state index contributed by atoms with van der Waals surface area (Å²) in [4.78, 5) is 17.2. The number of carboxylic acid groups (broad SMARTS) is 1. The van der Waals surface area contributed by atoms with Crippen LogP contribution in [0.15, 0.2) is 0 Å². The molecule has 1 N–H and O–H groups in total. The van der Waals surface area contributed by atoms with Crippen molar-refractivity contribution in [1.82, 2.24) is 9.36 Å². The van der Waals surface area contributed by atoms with Crippen LogP contribution in [-0.2, 0) is 10.2 Å². The molecule has 6 heteroatoms. The zero-order chi connectivity index (χ0) is 13.4. The van der Waals surface area contributed by atoms with Gasteiger partial charge in [-0.1, -0.05) is 20.8 Å². The number of likely N-dealkylation sites (N-methyl/N-ethyl adjacent to an activating group) is 1. The smallest absolute Gasteiger partial charge is 0.329 e. The Morgan fingerprint density at radius 1 is 1.29 bits per heavy atom. The standard InChI is InChI=1S/C11H19N3O2S/c1-10(2,3)7-12-9(17-13-7)14(6)11(4,5)8(15)16/h1-6H3,(H,15,16). The number of hydrogen-bond donors (Lipinski definition) is 1. The Balaban J connectivity index is 3.03. The van der Waals surface area contributed by atoms with Gasteiger partial charge >= 0.3 is 5.97 Å². The Morgan fingerprint density at radius 2 is 1.82 bits per heavy atom. The minimum Gasteiger partial charge on any atom is -0.480 e. The number of aliphatic carboxylic acids is 1. The van der Waals surface area contributed by atoms with Crippen molar-refractivity contribution in [3.05, 3.63) is 5.82 Å². The highest BCUT2D eigenvalue weighted by atomic mass is 32.1. The molecular formula is C11H19N3O2S. The number of aromatic nitrogens is 2. The van der Waals surface area contributed by atoms with E-state index in [1.54, 1.807) is 25.8 Å². The van der Waals surface area contributed by atoms with Crippen molar-refractivity contribution in [2.24, 2.45) is 0 Å². The van der Waals surface area contributed by atoms with Crippen LogP contribution in [0.3, 0.4) is 0 Å². The molecule has 1 aromatic rings. The zero-order valence-electron chi connectivity index (χ0n) is 11.1.